The lowest BCUT2D eigenvalue weighted by molar-refractivity contribution is -0.167. The van der Waals surface area contributed by atoms with Crippen molar-refractivity contribution >= 4 is 17.9 Å². The molecule has 0 heterocycles. The number of carbonyl (C=O) groups excluding carboxylic acids is 3. The van der Waals surface area contributed by atoms with Crippen LogP contribution >= 0.6 is 0 Å². The molecule has 6 heteroatoms. The molecule has 0 aliphatic heterocycles. The predicted molar refractivity (Wildman–Crippen MR) is 298 cm³/mol. The topological polar surface area (TPSA) is 78.9 Å². The van der Waals surface area contributed by atoms with Gasteiger partial charge in [0.1, 0.15) is 13.2 Å². The molecule has 0 radical (unpaired) electrons. The summed E-state index contributed by atoms with van der Waals surface area (Å²) in [4.78, 5) is 37.8. The summed E-state index contributed by atoms with van der Waals surface area (Å²) in [6, 6.07) is 0. The van der Waals surface area contributed by atoms with E-state index in [0.29, 0.717) is 19.3 Å². The van der Waals surface area contributed by atoms with Crippen molar-refractivity contribution in [2.75, 3.05) is 13.2 Å². The first-order valence-electron chi connectivity index (χ1n) is 30.5. The summed E-state index contributed by atoms with van der Waals surface area (Å²) in [5.41, 5.74) is 0. The second-order valence-corrected chi connectivity index (χ2v) is 20.6. The number of hydrogen-bond acceptors (Lipinski definition) is 6. The van der Waals surface area contributed by atoms with Crippen molar-refractivity contribution < 1.29 is 28.6 Å². The van der Waals surface area contributed by atoms with E-state index < -0.39 is 6.10 Å². The number of unbranched alkanes of at least 4 members (excludes halogenated alkanes) is 39. The average molecular weight is 970 g/mol. The molecule has 0 amide bonds. The molecule has 1 atom stereocenters. The summed E-state index contributed by atoms with van der Waals surface area (Å²) in [6.45, 7) is 6.56. The second-order valence-electron chi connectivity index (χ2n) is 20.6. The van der Waals surface area contributed by atoms with Crippen LogP contribution in [-0.4, -0.2) is 37.2 Å². The molecule has 0 aromatic carbocycles. The molecule has 0 N–H and O–H groups in total. The zero-order valence-corrected chi connectivity index (χ0v) is 46.3. The monoisotopic (exact) mass is 969 g/mol. The highest BCUT2D eigenvalue weighted by molar-refractivity contribution is 5.71. The standard InChI is InChI=1S/C63H116O6/c1-4-7-10-13-16-19-21-22-23-24-25-26-27-28-29-30-31-32-33-34-35-36-37-38-39-40-41-42-43-45-47-50-53-56-62(65)68-59-60(58-67-61(64)55-52-49-46-18-15-12-9-6-3)69-63(66)57-54-51-48-44-20-17-14-11-8-5-2/h11,14,21-22,24-25,60H,4-10,12-13,15-20,23,26-59H2,1-3H3/b14-11-,22-21-,25-24-. The molecule has 6 nitrogen and oxygen atoms in total. The Morgan fingerprint density at radius 3 is 0.870 bits per heavy atom. The fourth-order valence-electron chi connectivity index (χ4n) is 9.01. The number of hydrogen-bond donors (Lipinski definition) is 0. The van der Waals surface area contributed by atoms with Crippen molar-refractivity contribution in [3.8, 4) is 0 Å². The van der Waals surface area contributed by atoms with E-state index in [2.05, 4.69) is 57.2 Å². The zero-order chi connectivity index (χ0) is 50.0. The SMILES string of the molecule is CCC/C=C\CCCCCCCC(=O)OC(COC(=O)CCCCCCCCCC)COC(=O)CCCCCCCCCCCCCCCCCCCCCCC/C=C\C/C=C\CCCCCCC. The maximum Gasteiger partial charge on any atom is 0.306 e. The van der Waals surface area contributed by atoms with Crippen LogP contribution < -0.4 is 0 Å². The van der Waals surface area contributed by atoms with Crippen LogP contribution in [0.3, 0.4) is 0 Å². The number of carbonyl (C=O) groups is 3. The molecule has 0 aliphatic rings. The fraction of sp³-hybridized carbons (Fsp3) is 0.857. The molecule has 0 bridgehead atoms. The molecule has 404 valence electrons. The maximum atomic E-state index is 12.7. The van der Waals surface area contributed by atoms with Gasteiger partial charge in [-0.3, -0.25) is 14.4 Å². The minimum absolute atomic E-state index is 0.0710. The van der Waals surface area contributed by atoms with Crippen LogP contribution in [0.25, 0.3) is 0 Å². The highest BCUT2D eigenvalue weighted by Crippen LogP contribution is 2.17. The molecule has 0 saturated carbocycles. The molecular weight excluding hydrogens is 853 g/mol. The van der Waals surface area contributed by atoms with Crippen molar-refractivity contribution in [1.82, 2.24) is 0 Å². The Kier molecular flexibility index (Phi) is 56.2. The van der Waals surface area contributed by atoms with Gasteiger partial charge in [-0.15, -0.1) is 0 Å². The highest BCUT2D eigenvalue weighted by atomic mass is 16.6. The van der Waals surface area contributed by atoms with Crippen LogP contribution in [-0.2, 0) is 28.6 Å². The minimum atomic E-state index is -0.769. The van der Waals surface area contributed by atoms with E-state index in [-0.39, 0.29) is 31.1 Å². The van der Waals surface area contributed by atoms with Crippen LogP contribution in [0.4, 0.5) is 0 Å². The van der Waals surface area contributed by atoms with Crippen molar-refractivity contribution in [2.24, 2.45) is 0 Å². The molecule has 69 heavy (non-hydrogen) atoms. The van der Waals surface area contributed by atoms with Crippen molar-refractivity contribution in [3.05, 3.63) is 36.5 Å². The Morgan fingerprint density at radius 2 is 0.551 bits per heavy atom. The van der Waals surface area contributed by atoms with E-state index >= 15 is 0 Å². The lowest BCUT2D eigenvalue weighted by Crippen LogP contribution is -2.30. The van der Waals surface area contributed by atoms with E-state index in [1.54, 1.807) is 0 Å². The second kappa shape index (κ2) is 58.2. The van der Waals surface area contributed by atoms with Gasteiger partial charge < -0.3 is 14.2 Å². The van der Waals surface area contributed by atoms with Gasteiger partial charge in [-0.05, 0) is 70.6 Å². The van der Waals surface area contributed by atoms with Crippen molar-refractivity contribution in [2.45, 2.75) is 335 Å². The molecule has 0 fully saturated rings. The minimum Gasteiger partial charge on any atom is -0.462 e. The van der Waals surface area contributed by atoms with Crippen LogP contribution in [0.2, 0.25) is 0 Å². The third-order valence-electron chi connectivity index (χ3n) is 13.6. The number of rotatable bonds is 56. The Hall–Kier alpha value is -2.37. The molecule has 0 aliphatic carbocycles. The summed E-state index contributed by atoms with van der Waals surface area (Å²) in [5.74, 6) is -0.872. The van der Waals surface area contributed by atoms with Gasteiger partial charge in [-0.25, -0.2) is 0 Å². The summed E-state index contributed by atoms with van der Waals surface area (Å²) >= 11 is 0. The molecule has 0 aromatic rings. The summed E-state index contributed by atoms with van der Waals surface area (Å²) < 4.78 is 16.8. The van der Waals surface area contributed by atoms with Gasteiger partial charge in [0.15, 0.2) is 6.10 Å². The van der Waals surface area contributed by atoms with Crippen LogP contribution in [0, 0.1) is 0 Å². The van der Waals surface area contributed by atoms with Gasteiger partial charge in [0.2, 0.25) is 0 Å². The first-order chi connectivity index (χ1) is 34.0. The van der Waals surface area contributed by atoms with Gasteiger partial charge in [0.05, 0.1) is 0 Å². The molecule has 0 saturated heterocycles. The van der Waals surface area contributed by atoms with Crippen molar-refractivity contribution in [3.63, 3.8) is 0 Å². The molecule has 0 aromatic heterocycles. The lowest BCUT2D eigenvalue weighted by atomic mass is 10.0. The maximum absolute atomic E-state index is 12.7. The largest absolute Gasteiger partial charge is 0.462 e. The van der Waals surface area contributed by atoms with Gasteiger partial charge in [-0.1, -0.05) is 276 Å². The Bertz CT molecular complexity index is 1160. The smallest absolute Gasteiger partial charge is 0.306 e. The van der Waals surface area contributed by atoms with E-state index in [1.807, 2.05) is 0 Å². The Balaban J connectivity index is 3.90. The number of allylic oxidation sites excluding steroid dienone is 6. The van der Waals surface area contributed by atoms with Gasteiger partial charge >= 0.3 is 17.9 Å². The Labute approximate surface area is 429 Å². The normalized spacial score (nSPS) is 12.2. The first-order valence-corrected chi connectivity index (χ1v) is 30.5. The lowest BCUT2D eigenvalue weighted by Gasteiger charge is -2.18. The van der Waals surface area contributed by atoms with E-state index in [4.69, 9.17) is 14.2 Å². The summed E-state index contributed by atoms with van der Waals surface area (Å²) in [6.07, 6.45) is 70.5. The quantitative estimate of drug-likeness (QED) is 0.0261. The van der Waals surface area contributed by atoms with Crippen molar-refractivity contribution in [1.29, 1.82) is 0 Å². The summed E-state index contributed by atoms with van der Waals surface area (Å²) in [7, 11) is 0. The molecule has 0 spiro atoms. The van der Waals surface area contributed by atoms with E-state index in [9.17, 15) is 14.4 Å². The van der Waals surface area contributed by atoms with Gasteiger partial charge in [0, 0.05) is 19.3 Å². The zero-order valence-electron chi connectivity index (χ0n) is 46.3. The predicted octanol–water partition coefficient (Wildman–Crippen LogP) is 20.4. The molecule has 1 unspecified atom stereocenters. The van der Waals surface area contributed by atoms with Gasteiger partial charge in [-0.2, -0.15) is 0 Å². The summed E-state index contributed by atoms with van der Waals surface area (Å²) in [5, 5.41) is 0. The average Bonchev–Trinajstić information content (AvgIpc) is 3.35. The van der Waals surface area contributed by atoms with E-state index in [0.717, 1.165) is 83.5 Å². The van der Waals surface area contributed by atoms with Crippen LogP contribution in [0.1, 0.15) is 329 Å². The van der Waals surface area contributed by atoms with E-state index in [1.165, 1.54) is 205 Å². The fourth-order valence-corrected chi connectivity index (χ4v) is 9.01. The molecule has 0 rings (SSSR count). The van der Waals surface area contributed by atoms with Crippen LogP contribution in [0.15, 0.2) is 36.5 Å². The number of ether oxygens (including phenoxy) is 3. The number of esters is 3. The Morgan fingerprint density at radius 1 is 0.290 bits per heavy atom. The third-order valence-corrected chi connectivity index (χ3v) is 13.6. The first kappa shape index (κ1) is 66.6. The highest BCUT2D eigenvalue weighted by Gasteiger charge is 2.19. The van der Waals surface area contributed by atoms with Gasteiger partial charge in [0.25, 0.3) is 0 Å². The molecular formula is C63H116O6. The van der Waals surface area contributed by atoms with Crippen LogP contribution in [0.5, 0.6) is 0 Å². The third kappa shape index (κ3) is 56.4.